The molecule has 3 heterocycles. The Morgan fingerprint density at radius 2 is 1.76 bits per heavy atom. The molecule has 4 aromatic rings. The minimum absolute atomic E-state index is 0.0721. The minimum Gasteiger partial charge on any atom is -0.480 e. The number of rotatable bonds is 6. The van der Waals surface area contributed by atoms with Crippen molar-refractivity contribution in [3.05, 3.63) is 78.8 Å². The molecule has 0 amide bonds. The fraction of sp³-hybridized carbons (Fsp3) is 0.241. The van der Waals surface area contributed by atoms with E-state index in [1.54, 1.807) is 6.08 Å². The molecule has 0 unspecified atom stereocenters. The molecule has 2 aliphatic rings. The monoisotopic (exact) mass is 577 g/mol. The Hall–Kier alpha value is -4.45. The number of sulfonamides is 1. The summed E-state index contributed by atoms with van der Waals surface area (Å²) in [5.41, 5.74) is 1.53. The maximum absolute atomic E-state index is 14.3. The number of aromatic nitrogens is 3. The van der Waals surface area contributed by atoms with E-state index in [0.717, 1.165) is 54.2 Å². The average Bonchev–Trinajstić information content (AvgIpc) is 3.31. The highest BCUT2D eigenvalue weighted by Crippen LogP contribution is 2.42. The molecule has 2 aromatic heterocycles. The van der Waals surface area contributed by atoms with Crippen LogP contribution in [0.2, 0.25) is 0 Å². The Kier molecular flexibility index (Phi) is 6.65. The Balaban J connectivity index is 1.34. The van der Waals surface area contributed by atoms with E-state index in [2.05, 4.69) is 24.6 Å². The Labute approximate surface area is 235 Å². The predicted molar refractivity (Wildman–Crippen MR) is 149 cm³/mol. The number of nitrogens with one attached hydrogen (secondary N) is 1. The summed E-state index contributed by atoms with van der Waals surface area (Å²) < 4.78 is 61.9. The van der Waals surface area contributed by atoms with Gasteiger partial charge >= 0.3 is 0 Å². The van der Waals surface area contributed by atoms with Gasteiger partial charge < -0.3 is 9.64 Å². The van der Waals surface area contributed by atoms with Crippen molar-refractivity contribution < 1.29 is 26.7 Å². The minimum atomic E-state index is -4.65. The number of allylic oxidation sites excluding steroid dienone is 2. The lowest BCUT2D eigenvalue weighted by molar-refractivity contribution is -0.123. The lowest BCUT2D eigenvalue weighted by atomic mass is 9.75. The summed E-state index contributed by atoms with van der Waals surface area (Å²) in [7, 11) is -3.34. The van der Waals surface area contributed by atoms with Crippen LogP contribution in [0, 0.1) is 17.0 Å². The van der Waals surface area contributed by atoms with Gasteiger partial charge in [0.15, 0.2) is 10.7 Å². The van der Waals surface area contributed by atoms with Crippen LogP contribution in [-0.2, 0) is 14.8 Å². The SMILES string of the molecule is COc1ncc(-c2ccc3ncnc(N4CCC5(CC=CC5=O)CC4)c3c2)cc1NS(=O)(=O)c1c(F)cccc1F. The first-order valence-corrected chi connectivity index (χ1v) is 14.4. The molecule has 2 aromatic carbocycles. The molecule has 12 heteroatoms. The van der Waals surface area contributed by atoms with Crippen molar-refractivity contribution in [3.63, 3.8) is 0 Å². The van der Waals surface area contributed by atoms with Gasteiger partial charge in [-0.1, -0.05) is 18.2 Å². The van der Waals surface area contributed by atoms with E-state index in [-0.39, 0.29) is 22.8 Å². The molecule has 1 fully saturated rings. The maximum atomic E-state index is 14.3. The van der Waals surface area contributed by atoms with E-state index in [9.17, 15) is 22.0 Å². The Morgan fingerprint density at radius 1 is 1.00 bits per heavy atom. The number of carbonyl (C=O) groups excluding carboxylic acids is 1. The summed E-state index contributed by atoms with van der Waals surface area (Å²) in [6.45, 7) is 1.35. The van der Waals surface area contributed by atoms with Gasteiger partial charge in [-0.3, -0.25) is 9.52 Å². The summed E-state index contributed by atoms with van der Waals surface area (Å²) in [6, 6.07) is 9.81. The molecule has 6 rings (SSSR count). The summed E-state index contributed by atoms with van der Waals surface area (Å²) >= 11 is 0. The lowest BCUT2D eigenvalue weighted by Crippen LogP contribution is -2.42. The summed E-state index contributed by atoms with van der Waals surface area (Å²) in [6.07, 6.45) is 8.90. The number of hydrogen-bond donors (Lipinski definition) is 1. The molecule has 0 radical (unpaired) electrons. The van der Waals surface area contributed by atoms with Gasteiger partial charge in [-0.05, 0) is 61.2 Å². The maximum Gasteiger partial charge on any atom is 0.267 e. The van der Waals surface area contributed by atoms with Gasteiger partial charge in [0.1, 0.15) is 29.5 Å². The summed E-state index contributed by atoms with van der Waals surface area (Å²) in [4.78, 5) is 26.7. The molecule has 0 atom stereocenters. The molecular formula is C29H25F2N5O4S. The zero-order valence-corrected chi connectivity index (χ0v) is 22.8. The van der Waals surface area contributed by atoms with Crippen LogP contribution in [0.1, 0.15) is 19.3 Å². The number of ketones is 1. The van der Waals surface area contributed by atoms with Crippen molar-refractivity contribution in [1.82, 2.24) is 15.0 Å². The van der Waals surface area contributed by atoms with Crippen LogP contribution in [0.25, 0.3) is 22.0 Å². The molecule has 1 N–H and O–H groups in total. The first kappa shape index (κ1) is 26.8. The van der Waals surface area contributed by atoms with Gasteiger partial charge in [0.25, 0.3) is 10.0 Å². The van der Waals surface area contributed by atoms with Gasteiger partial charge in [-0.15, -0.1) is 0 Å². The highest BCUT2D eigenvalue weighted by atomic mass is 32.2. The second-order valence-electron chi connectivity index (χ2n) is 10.1. The first-order valence-electron chi connectivity index (χ1n) is 12.9. The van der Waals surface area contributed by atoms with Gasteiger partial charge in [-0.25, -0.2) is 32.2 Å². The fourth-order valence-electron chi connectivity index (χ4n) is 5.52. The number of piperidine rings is 1. The van der Waals surface area contributed by atoms with Crippen LogP contribution in [0.3, 0.4) is 0 Å². The van der Waals surface area contributed by atoms with Crippen LogP contribution in [0.5, 0.6) is 5.88 Å². The molecular weight excluding hydrogens is 552 g/mol. The first-order chi connectivity index (χ1) is 19.7. The molecule has 210 valence electrons. The zero-order valence-electron chi connectivity index (χ0n) is 22.0. The third kappa shape index (κ3) is 4.77. The van der Waals surface area contributed by atoms with E-state index in [0.29, 0.717) is 24.2 Å². The van der Waals surface area contributed by atoms with Gasteiger partial charge in [0.05, 0.1) is 12.6 Å². The smallest absolute Gasteiger partial charge is 0.267 e. The Bertz CT molecular complexity index is 1800. The Morgan fingerprint density at radius 3 is 2.44 bits per heavy atom. The quantitative estimate of drug-likeness (QED) is 0.345. The molecule has 1 aliphatic carbocycles. The topological polar surface area (TPSA) is 114 Å². The molecule has 0 bridgehead atoms. The number of benzene rings is 2. The highest BCUT2D eigenvalue weighted by molar-refractivity contribution is 7.92. The third-order valence-corrected chi connectivity index (χ3v) is 9.16. The molecule has 1 saturated heterocycles. The van der Waals surface area contributed by atoms with Gasteiger partial charge in [-0.2, -0.15) is 0 Å². The number of halogens is 2. The second-order valence-corrected chi connectivity index (χ2v) is 11.7. The molecule has 0 saturated carbocycles. The number of fused-ring (bicyclic) bond motifs is 1. The molecule has 1 aliphatic heterocycles. The van der Waals surface area contributed by atoms with Crippen molar-refractivity contribution in [2.75, 3.05) is 29.8 Å². The van der Waals surface area contributed by atoms with Crippen LogP contribution in [-0.4, -0.2) is 49.4 Å². The average molecular weight is 578 g/mol. The van der Waals surface area contributed by atoms with Crippen molar-refractivity contribution in [1.29, 1.82) is 0 Å². The number of methoxy groups -OCH3 is 1. The highest BCUT2D eigenvalue weighted by Gasteiger charge is 2.42. The number of anilines is 2. The molecule has 1 spiro atoms. The van der Waals surface area contributed by atoms with Crippen molar-refractivity contribution in [3.8, 4) is 17.0 Å². The largest absolute Gasteiger partial charge is 0.480 e. The van der Waals surface area contributed by atoms with Crippen molar-refractivity contribution in [2.24, 2.45) is 5.41 Å². The molecule has 41 heavy (non-hydrogen) atoms. The number of pyridine rings is 1. The van der Waals surface area contributed by atoms with Crippen LogP contribution >= 0.6 is 0 Å². The van der Waals surface area contributed by atoms with Crippen LogP contribution in [0.15, 0.2) is 72.0 Å². The normalized spacial score (nSPS) is 16.5. The standard InChI is InChI=1S/C29H25F2N5O4S/c1-40-28-24(35-41(38,39)26-21(30)4-2-5-22(26)31)15-19(16-32-28)18-7-8-23-20(14-18)27(34-17-33-23)36-12-10-29(11-13-36)9-3-6-25(29)37/h2-8,14-17,35H,9-13H2,1H3. The van der Waals surface area contributed by atoms with Crippen LogP contribution in [0.4, 0.5) is 20.3 Å². The van der Waals surface area contributed by atoms with E-state index in [1.807, 2.05) is 24.3 Å². The number of ether oxygens (including phenoxy) is 1. The van der Waals surface area contributed by atoms with Gasteiger partial charge in [0, 0.05) is 35.7 Å². The number of nitrogens with zero attached hydrogens (tertiary/aromatic N) is 4. The molecule has 9 nitrogen and oxygen atoms in total. The predicted octanol–water partition coefficient (Wildman–Crippen LogP) is 4.90. The number of hydrogen-bond acceptors (Lipinski definition) is 8. The van der Waals surface area contributed by atoms with Crippen LogP contribution < -0.4 is 14.4 Å². The van der Waals surface area contributed by atoms with Gasteiger partial charge in [0.2, 0.25) is 5.88 Å². The van der Waals surface area contributed by atoms with Crippen molar-refractivity contribution in [2.45, 2.75) is 24.2 Å². The van der Waals surface area contributed by atoms with Crippen molar-refractivity contribution >= 4 is 38.2 Å². The van der Waals surface area contributed by atoms with E-state index >= 15 is 0 Å². The third-order valence-electron chi connectivity index (χ3n) is 7.74. The summed E-state index contributed by atoms with van der Waals surface area (Å²) in [5.74, 6) is -1.58. The number of carbonyl (C=O) groups is 1. The second kappa shape index (κ2) is 10.2. The van der Waals surface area contributed by atoms with E-state index < -0.39 is 26.6 Å². The fourth-order valence-corrected chi connectivity index (χ4v) is 6.71. The van der Waals surface area contributed by atoms with E-state index in [1.165, 1.54) is 25.7 Å². The summed E-state index contributed by atoms with van der Waals surface area (Å²) in [5, 5.41) is 0.781. The lowest BCUT2D eigenvalue weighted by Gasteiger charge is -2.39. The zero-order chi connectivity index (χ0) is 28.8. The van der Waals surface area contributed by atoms with E-state index in [4.69, 9.17) is 4.74 Å².